The van der Waals surface area contributed by atoms with Crippen LogP contribution in [-0.2, 0) is 20.9 Å². The molecular weight excluding hydrogens is 272 g/mol. The Kier molecular flexibility index (Phi) is 3.60. The molecule has 1 unspecified atom stereocenters. The number of Topliss-reactive ketones (excluding diaryl/α,β-unsaturated/α-hetero) is 1. The van der Waals surface area contributed by atoms with Crippen molar-refractivity contribution in [1.82, 2.24) is 9.80 Å². The predicted octanol–water partition coefficient (Wildman–Crippen LogP) is 0.809. The quantitative estimate of drug-likeness (QED) is 0.755. The average molecular weight is 288 g/mol. The summed E-state index contributed by atoms with van der Waals surface area (Å²) in [6, 6.07) is 8.92. The van der Waals surface area contributed by atoms with E-state index in [-0.39, 0.29) is 31.3 Å². The molecule has 21 heavy (non-hydrogen) atoms. The van der Waals surface area contributed by atoms with Crippen molar-refractivity contribution >= 4 is 17.8 Å². The number of ketones is 1. The van der Waals surface area contributed by atoms with Crippen LogP contribution in [0.4, 0.5) is 4.79 Å². The second kappa shape index (κ2) is 5.55. The summed E-state index contributed by atoms with van der Waals surface area (Å²) in [5.41, 5.74) is 0.914. The van der Waals surface area contributed by atoms with Crippen LogP contribution in [0.3, 0.4) is 0 Å². The van der Waals surface area contributed by atoms with E-state index in [1.165, 1.54) is 4.90 Å². The van der Waals surface area contributed by atoms with Gasteiger partial charge in [-0.25, -0.2) is 4.79 Å². The molecule has 0 saturated carbocycles. The van der Waals surface area contributed by atoms with Crippen molar-refractivity contribution in [1.29, 1.82) is 0 Å². The van der Waals surface area contributed by atoms with Crippen molar-refractivity contribution in [3.8, 4) is 0 Å². The zero-order valence-electron chi connectivity index (χ0n) is 11.5. The minimum absolute atomic E-state index is 0.0441. The molecule has 1 atom stereocenters. The highest BCUT2D eigenvalue weighted by Crippen LogP contribution is 2.20. The van der Waals surface area contributed by atoms with Crippen LogP contribution >= 0.6 is 0 Å². The Hall–Kier alpha value is -2.37. The fourth-order valence-electron chi connectivity index (χ4n) is 2.70. The van der Waals surface area contributed by atoms with Gasteiger partial charge in [0.2, 0.25) is 5.91 Å². The van der Waals surface area contributed by atoms with Gasteiger partial charge in [-0.15, -0.1) is 0 Å². The van der Waals surface area contributed by atoms with Gasteiger partial charge in [0.25, 0.3) is 0 Å². The number of rotatable bonds is 2. The van der Waals surface area contributed by atoms with E-state index in [4.69, 9.17) is 4.74 Å². The number of hydrogen-bond donors (Lipinski definition) is 0. The topological polar surface area (TPSA) is 66.9 Å². The summed E-state index contributed by atoms with van der Waals surface area (Å²) >= 11 is 0. The Morgan fingerprint density at radius 1 is 1.19 bits per heavy atom. The van der Waals surface area contributed by atoms with Crippen LogP contribution in [-0.4, -0.2) is 53.3 Å². The Bertz CT molecular complexity index is 572. The number of benzene rings is 1. The number of ether oxygens (including phenoxy) is 1. The summed E-state index contributed by atoms with van der Waals surface area (Å²) in [6.45, 7) is 1.24. The summed E-state index contributed by atoms with van der Waals surface area (Å²) in [4.78, 5) is 38.4. The number of hydrogen-bond acceptors (Lipinski definition) is 4. The standard InChI is InChI=1S/C15H16N2O4/c18-13-8-14(19)17-7-6-16(9-12(13)17)15(20)21-10-11-4-2-1-3-5-11/h1-5,12H,6-10H2. The normalized spacial score (nSPS) is 21.4. The zero-order valence-corrected chi connectivity index (χ0v) is 11.5. The molecule has 1 aromatic rings. The smallest absolute Gasteiger partial charge is 0.410 e. The highest BCUT2D eigenvalue weighted by molar-refractivity contribution is 6.07. The lowest BCUT2D eigenvalue weighted by molar-refractivity contribution is -0.130. The van der Waals surface area contributed by atoms with Gasteiger partial charge in [-0.1, -0.05) is 30.3 Å². The van der Waals surface area contributed by atoms with Crippen molar-refractivity contribution in [3.05, 3.63) is 35.9 Å². The zero-order chi connectivity index (χ0) is 14.8. The third kappa shape index (κ3) is 2.74. The van der Waals surface area contributed by atoms with E-state index in [2.05, 4.69) is 0 Å². The first kappa shape index (κ1) is 13.6. The molecule has 1 aromatic carbocycles. The van der Waals surface area contributed by atoms with E-state index in [1.54, 1.807) is 4.90 Å². The van der Waals surface area contributed by atoms with Crippen LogP contribution in [0.2, 0.25) is 0 Å². The van der Waals surface area contributed by atoms with E-state index in [1.807, 2.05) is 30.3 Å². The van der Waals surface area contributed by atoms with Crippen molar-refractivity contribution in [2.24, 2.45) is 0 Å². The molecule has 0 aliphatic carbocycles. The van der Waals surface area contributed by atoms with Crippen LogP contribution in [0.25, 0.3) is 0 Å². The maximum Gasteiger partial charge on any atom is 0.410 e. The molecule has 3 rings (SSSR count). The van der Waals surface area contributed by atoms with E-state index in [0.29, 0.717) is 13.1 Å². The van der Waals surface area contributed by atoms with E-state index >= 15 is 0 Å². The van der Waals surface area contributed by atoms with Crippen molar-refractivity contribution in [2.45, 2.75) is 19.1 Å². The third-order valence-electron chi connectivity index (χ3n) is 3.86. The Morgan fingerprint density at radius 3 is 2.71 bits per heavy atom. The maximum absolute atomic E-state index is 12.0. The van der Waals surface area contributed by atoms with Crippen LogP contribution in [0, 0.1) is 0 Å². The fraction of sp³-hybridized carbons (Fsp3) is 0.400. The molecule has 2 fully saturated rings. The molecule has 2 aliphatic heterocycles. The minimum Gasteiger partial charge on any atom is -0.445 e. The average Bonchev–Trinajstić information content (AvgIpc) is 2.80. The number of nitrogens with zero attached hydrogens (tertiary/aromatic N) is 2. The van der Waals surface area contributed by atoms with Gasteiger partial charge in [0.15, 0.2) is 5.78 Å². The van der Waals surface area contributed by atoms with Crippen LogP contribution in [0.5, 0.6) is 0 Å². The summed E-state index contributed by atoms with van der Waals surface area (Å²) in [6.07, 6.45) is -0.483. The Labute approximate surface area is 122 Å². The molecule has 0 N–H and O–H groups in total. The molecule has 6 heteroatoms. The molecule has 2 amide bonds. The molecular formula is C15H16N2O4. The summed E-state index contributed by atoms with van der Waals surface area (Å²) in [5.74, 6) is -0.247. The van der Waals surface area contributed by atoms with E-state index in [9.17, 15) is 14.4 Å². The van der Waals surface area contributed by atoms with Crippen LogP contribution in [0.15, 0.2) is 30.3 Å². The number of amides is 2. The molecule has 6 nitrogen and oxygen atoms in total. The minimum atomic E-state index is -0.490. The second-order valence-corrected chi connectivity index (χ2v) is 5.23. The lowest BCUT2D eigenvalue weighted by Crippen LogP contribution is -2.54. The number of carbonyl (C=O) groups is 3. The number of carbonyl (C=O) groups excluding carboxylic acids is 3. The summed E-state index contributed by atoms with van der Waals surface area (Å²) < 4.78 is 5.25. The van der Waals surface area contributed by atoms with Crippen LogP contribution in [0.1, 0.15) is 12.0 Å². The molecule has 0 aromatic heterocycles. The SMILES string of the molecule is O=C1CC(=O)N2CCN(C(=O)OCc3ccccc3)CC12. The lowest BCUT2D eigenvalue weighted by Gasteiger charge is -2.35. The van der Waals surface area contributed by atoms with Crippen LogP contribution < -0.4 is 0 Å². The lowest BCUT2D eigenvalue weighted by atomic mass is 10.1. The van der Waals surface area contributed by atoms with Gasteiger partial charge in [0.1, 0.15) is 12.6 Å². The van der Waals surface area contributed by atoms with Gasteiger partial charge in [-0.05, 0) is 5.56 Å². The van der Waals surface area contributed by atoms with Gasteiger partial charge in [0, 0.05) is 13.1 Å². The summed E-state index contributed by atoms with van der Waals surface area (Å²) in [5, 5.41) is 0. The van der Waals surface area contributed by atoms with Gasteiger partial charge in [-0.2, -0.15) is 0 Å². The van der Waals surface area contributed by atoms with Gasteiger partial charge in [-0.3, -0.25) is 9.59 Å². The molecule has 0 radical (unpaired) electrons. The first-order valence-electron chi connectivity index (χ1n) is 6.93. The molecule has 0 bridgehead atoms. The molecule has 110 valence electrons. The Morgan fingerprint density at radius 2 is 1.95 bits per heavy atom. The van der Waals surface area contributed by atoms with E-state index in [0.717, 1.165) is 5.56 Å². The molecule has 2 aliphatic rings. The van der Waals surface area contributed by atoms with Gasteiger partial charge in [0.05, 0.1) is 13.0 Å². The maximum atomic E-state index is 12.0. The largest absolute Gasteiger partial charge is 0.445 e. The van der Waals surface area contributed by atoms with Gasteiger partial charge >= 0.3 is 6.09 Å². The monoisotopic (exact) mass is 288 g/mol. The van der Waals surface area contributed by atoms with E-state index < -0.39 is 12.1 Å². The number of fused-ring (bicyclic) bond motifs is 1. The molecule has 2 heterocycles. The Balaban J connectivity index is 1.57. The highest BCUT2D eigenvalue weighted by atomic mass is 16.6. The summed E-state index contributed by atoms with van der Waals surface area (Å²) in [7, 11) is 0. The first-order valence-corrected chi connectivity index (χ1v) is 6.93. The molecule has 0 spiro atoms. The highest BCUT2D eigenvalue weighted by Gasteiger charge is 2.43. The second-order valence-electron chi connectivity index (χ2n) is 5.23. The predicted molar refractivity (Wildman–Crippen MR) is 73.3 cm³/mol. The fourth-order valence-corrected chi connectivity index (χ4v) is 2.70. The molecule has 2 saturated heterocycles. The third-order valence-corrected chi connectivity index (χ3v) is 3.86. The first-order chi connectivity index (χ1) is 10.1. The van der Waals surface area contributed by atoms with Crippen molar-refractivity contribution < 1.29 is 19.1 Å². The van der Waals surface area contributed by atoms with Gasteiger partial charge < -0.3 is 14.5 Å². The number of piperazine rings is 1. The van der Waals surface area contributed by atoms with Crippen molar-refractivity contribution in [3.63, 3.8) is 0 Å². The van der Waals surface area contributed by atoms with Crippen molar-refractivity contribution in [2.75, 3.05) is 19.6 Å².